The molecule has 6 nitrogen and oxygen atoms in total. The first-order chi connectivity index (χ1) is 6.14. The average molecular weight is 206 g/mol. The number of aromatic nitrogens is 2. The summed E-state index contributed by atoms with van der Waals surface area (Å²) in [5.74, 6) is 0. The third-order valence-corrected chi connectivity index (χ3v) is 2.04. The van der Waals surface area contributed by atoms with Gasteiger partial charge >= 0.3 is 7.82 Å². The molecule has 0 saturated heterocycles. The van der Waals surface area contributed by atoms with Crippen molar-refractivity contribution in [2.45, 2.75) is 13.3 Å². The van der Waals surface area contributed by atoms with Crippen LogP contribution in [0.5, 0.6) is 0 Å². The van der Waals surface area contributed by atoms with Crippen LogP contribution < -0.4 is 4.62 Å². The van der Waals surface area contributed by atoms with Gasteiger partial charge in [-0.25, -0.2) is 9.55 Å². The van der Waals surface area contributed by atoms with Crippen LogP contribution in [0, 0.1) is 0 Å². The minimum Gasteiger partial charge on any atom is -0.310 e. The Morgan fingerprint density at radius 1 is 1.69 bits per heavy atom. The summed E-state index contributed by atoms with van der Waals surface area (Å²) in [5.41, 5.74) is 0. The molecule has 0 fully saturated rings. The number of rotatable bonds is 5. The van der Waals surface area contributed by atoms with Gasteiger partial charge in [0.2, 0.25) is 0 Å². The van der Waals surface area contributed by atoms with Gasteiger partial charge in [0.25, 0.3) is 0 Å². The van der Waals surface area contributed by atoms with E-state index in [9.17, 15) is 4.57 Å². The number of hydrogen-bond donors (Lipinski definition) is 1. The Labute approximate surface area is 75.7 Å². The maximum absolute atomic E-state index is 11.1. The molecule has 0 aliphatic carbocycles. The monoisotopic (exact) mass is 206 g/mol. The second-order valence-corrected chi connectivity index (χ2v) is 3.66. The van der Waals surface area contributed by atoms with E-state index in [1.54, 1.807) is 0 Å². The van der Waals surface area contributed by atoms with Crippen LogP contribution in [0.3, 0.4) is 0 Å². The van der Waals surface area contributed by atoms with Gasteiger partial charge in [-0.1, -0.05) is 6.92 Å². The first kappa shape index (κ1) is 10.2. The normalized spacial score (nSPS) is 15.2. The Hall–Kier alpha value is -0.840. The van der Waals surface area contributed by atoms with Gasteiger partial charge in [-0.15, -0.1) is 0 Å². The summed E-state index contributed by atoms with van der Waals surface area (Å²) in [6.45, 7) is 2.01. The molecule has 1 atom stereocenters. The van der Waals surface area contributed by atoms with Gasteiger partial charge in [0.05, 0.1) is 12.8 Å². The smallest absolute Gasteiger partial charge is 0.310 e. The highest BCUT2D eigenvalue weighted by molar-refractivity contribution is 7.47. The predicted octanol–water partition coefficient (Wildman–Crippen LogP) is 0.839. The zero-order chi connectivity index (χ0) is 9.73. The van der Waals surface area contributed by atoms with Crippen LogP contribution in [0.2, 0.25) is 0 Å². The van der Waals surface area contributed by atoms with E-state index in [1.807, 2.05) is 6.92 Å². The first-order valence-electron chi connectivity index (χ1n) is 3.79. The van der Waals surface area contributed by atoms with Gasteiger partial charge < -0.3 is 4.62 Å². The summed E-state index contributed by atoms with van der Waals surface area (Å²) >= 11 is 0. The van der Waals surface area contributed by atoms with E-state index in [0.717, 1.165) is 4.73 Å². The molecule has 1 aromatic heterocycles. The molecule has 0 aliphatic heterocycles. The molecule has 74 valence electrons. The molecule has 1 heterocycles. The lowest BCUT2D eigenvalue weighted by molar-refractivity contribution is 0.137. The molecule has 0 saturated carbocycles. The zero-order valence-electron chi connectivity index (χ0n) is 7.16. The van der Waals surface area contributed by atoms with Crippen molar-refractivity contribution in [1.82, 2.24) is 9.71 Å². The quantitative estimate of drug-likeness (QED) is 0.722. The Morgan fingerprint density at radius 2 is 2.46 bits per heavy atom. The van der Waals surface area contributed by atoms with Gasteiger partial charge in [-0.3, -0.25) is 9.42 Å². The van der Waals surface area contributed by atoms with E-state index in [2.05, 4.69) is 14.1 Å². The van der Waals surface area contributed by atoms with E-state index < -0.39 is 7.82 Å². The van der Waals surface area contributed by atoms with Crippen molar-refractivity contribution in [2.75, 3.05) is 6.61 Å². The van der Waals surface area contributed by atoms with E-state index in [4.69, 9.17) is 4.89 Å². The Bertz CT molecular complexity index is 287. The standard InChI is InChI=1S/C6H11N2O4P/c1-2-5-11-13(9,10)12-8-4-3-7-6-8/h3-4,6H,2,5H2,1H3,(H,9,10). The maximum atomic E-state index is 11.1. The lowest BCUT2D eigenvalue weighted by Gasteiger charge is -2.11. The van der Waals surface area contributed by atoms with Crippen molar-refractivity contribution in [1.29, 1.82) is 0 Å². The summed E-state index contributed by atoms with van der Waals surface area (Å²) in [6, 6.07) is 0. The summed E-state index contributed by atoms with van der Waals surface area (Å²) in [5, 5.41) is 0. The molecule has 0 bridgehead atoms. The molecule has 7 heteroatoms. The van der Waals surface area contributed by atoms with E-state index in [1.165, 1.54) is 18.7 Å². The van der Waals surface area contributed by atoms with Crippen molar-refractivity contribution >= 4 is 7.82 Å². The topological polar surface area (TPSA) is 73.6 Å². The van der Waals surface area contributed by atoms with Crippen molar-refractivity contribution in [3.8, 4) is 0 Å². The summed E-state index contributed by atoms with van der Waals surface area (Å²) in [4.78, 5) is 12.7. The zero-order valence-corrected chi connectivity index (χ0v) is 8.05. The Balaban J connectivity index is 2.47. The second kappa shape index (κ2) is 4.41. The van der Waals surface area contributed by atoms with Crippen LogP contribution >= 0.6 is 7.82 Å². The van der Waals surface area contributed by atoms with Gasteiger partial charge in [0.15, 0.2) is 0 Å². The number of hydrogen-bond acceptors (Lipinski definition) is 4. The van der Waals surface area contributed by atoms with E-state index in [0.29, 0.717) is 6.42 Å². The molecule has 0 amide bonds. The summed E-state index contributed by atoms with van der Waals surface area (Å²) in [6.07, 6.45) is 4.74. The molecule has 0 aliphatic rings. The van der Waals surface area contributed by atoms with Gasteiger partial charge in [-0.05, 0) is 6.42 Å². The maximum Gasteiger partial charge on any atom is 0.546 e. The third-order valence-electron chi connectivity index (χ3n) is 1.14. The molecule has 1 rings (SSSR count). The predicted molar refractivity (Wildman–Crippen MR) is 44.9 cm³/mol. The number of nitrogens with zero attached hydrogens (tertiary/aromatic N) is 2. The lowest BCUT2D eigenvalue weighted by atomic mass is 10.5. The molecule has 1 unspecified atom stereocenters. The van der Waals surface area contributed by atoms with E-state index >= 15 is 0 Å². The van der Waals surface area contributed by atoms with Crippen molar-refractivity contribution in [3.05, 3.63) is 18.7 Å². The lowest BCUT2D eigenvalue weighted by Crippen LogP contribution is -2.08. The largest absolute Gasteiger partial charge is 0.546 e. The molecule has 1 N–H and O–H groups in total. The minimum atomic E-state index is -3.97. The van der Waals surface area contributed by atoms with Gasteiger partial charge in [0, 0.05) is 6.20 Å². The summed E-state index contributed by atoms with van der Waals surface area (Å²) in [7, 11) is -3.97. The minimum absolute atomic E-state index is 0.183. The third kappa shape index (κ3) is 3.59. The highest BCUT2D eigenvalue weighted by atomic mass is 31.2. The van der Waals surface area contributed by atoms with Crippen LogP contribution in [-0.4, -0.2) is 21.2 Å². The fourth-order valence-electron chi connectivity index (χ4n) is 0.645. The van der Waals surface area contributed by atoms with E-state index in [-0.39, 0.29) is 6.61 Å². The first-order valence-corrected chi connectivity index (χ1v) is 5.29. The van der Waals surface area contributed by atoms with Crippen LogP contribution in [0.4, 0.5) is 0 Å². The van der Waals surface area contributed by atoms with Gasteiger partial charge in [-0.2, -0.15) is 4.73 Å². The molecule has 0 spiro atoms. The Morgan fingerprint density at radius 3 is 3.00 bits per heavy atom. The fourth-order valence-corrected chi connectivity index (χ4v) is 1.44. The van der Waals surface area contributed by atoms with Crippen LogP contribution in [0.1, 0.15) is 13.3 Å². The van der Waals surface area contributed by atoms with Crippen LogP contribution in [-0.2, 0) is 9.09 Å². The molecule has 13 heavy (non-hydrogen) atoms. The molecular weight excluding hydrogens is 195 g/mol. The number of phosphoric ester groups is 1. The van der Waals surface area contributed by atoms with Crippen LogP contribution in [0.15, 0.2) is 18.7 Å². The van der Waals surface area contributed by atoms with Crippen molar-refractivity contribution < 1.29 is 18.6 Å². The van der Waals surface area contributed by atoms with Crippen molar-refractivity contribution in [3.63, 3.8) is 0 Å². The summed E-state index contributed by atoms with van der Waals surface area (Å²) < 4.78 is 21.3. The SMILES string of the molecule is CCCOP(=O)(O)On1ccnc1. The number of phosphoric acid groups is 1. The van der Waals surface area contributed by atoms with Crippen LogP contribution in [0.25, 0.3) is 0 Å². The highest BCUT2D eigenvalue weighted by Crippen LogP contribution is 2.39. The fraction of sp³-hybridized carbons (Fsp3) is 0.500. The highest BCUT2D eigenvalue weighted by Gasteiger charge is 2.22. The average Bonchev–Trinajstić information content (AvgIpc) is 2.52. The molecule has 1 aromatic rings. The molecular formula is C6H11N2O4P. The van der Waals surface area contributed by atoms with Gasteiger partial charge in [0.1, 0.15) is 6.33 Å². The molecule has 0 radical (unpaired) electrons. The second-order valence-electron chi connectivity index (χ2n) is 2.31. The van der Waals surface area contributed by atoms with Crippen molar-refractivity contribution in [2.24, 2.45) is 0 Å². The number of imidazole rings is 1. The Kier molecular flexibility index (Phi) is 3.48. The molecule has 0 aromatic carbocycles.